The summed E-state index contributed by atoms with van der Waals surface area (Å²) in [7, 11) is 1.91. The molecule has 1 rings (SSSR count). The maximum Gasteiger partial charge on any atom is 0.124 e. The Hall–Kier alpha value is -0.440. The maximum atomic E-state index is 5.96. The molecule has 1 N–H and O–H groups in total. The molecule has 0 saturated heterocycles. The van der Waals surface area contributed by atoms with Crippen molar-refractivity contribution in [2.24, 2.45) is 0 Å². The minimum absolute atomic E-state index is 0.535. The SMILES string of the molecule is CCOc1cc(Cl)c(Cl)cc1CCNC. The molecule has 0 spiro atoms. The fraction of sp³-hybridized carbons (Fsp3) is 0.455. The number of halogens is 2. The van der Waals surface area contributed by atoms with Crippen LogP contribution in [0, 0.1) is 0 Å². The minimum atomic E-state index is 0.535. The van der Waals surface area contributed by atoms with Gasteiger partial charge >= 0.3 is 0 Å². The molecule has 0 bridgehead atoms. The molecule has 4 heteroatoms. The first kappa shape index (κ1) is 12.6. The smallest absolute Gasteiger partial charge is 0.124 e. The monoisotopic (exact) mass is 247 g/mol. The topological polar surface area (TPSA) is 21.3 Å². The van der Waals surface area contributed by atoms with Crippen molar-refractivity contribution in [2.75, 3.05) is 20.2 Å². The van der Waals surface area contributed by atoms with Crippen LogP contribution in [0.25, 0.3) is 0 Å². The Balaban J connectivity index is 2.93. The van der Waals surface area contributed by atoms with Crippen molar-refractivity contribution in [3.8, 4) is 5.75 Å². The van der Waals surface area contributed by atoms with Crippen LogP contribution in [0.5, 0.6) is 5.75 Å². The number of likely N-dealkylation sites (N-methyl/N-ethyl adjacent to an activating group) is 1. The number of rotatable bonds is 5. The largest absolute Gasteiger partial charge is 0.494 e. The summed E-state index contributed by atoms with van der Waals surface area (Å²) in [5, 5.41) is 4.20. The van der Waals surface area contributed by atoms with E-state index >= 15 is 0 Å². The molecule has 0 heterocycles. The number of ether oxygens (including phenoxy) is 1. The van der Waals surface area contributed by atoms with Crippen molar-refractivity contribution < 1.29 is 4.74 Å². The Morgan fingerprint density at radius 2 is 1.93 bits per heavy atom. The third-order valence-corrected chi connectivity index (χ3v) is 2.77. The predicted molar refractivity (Wildman–Crippen MR) is 65.3 cm³/mol. The molecule has 0 fully saturated rings. The van der Waals surface area contributed by atoms with Crippen molar-refractivity contribution in [1.29, 1.82) is 0 Å². The van der Waals surface area contributed by atoms with Gasteiger partial charge in [-0.15, -0.1) is 0 Å². The van der Waals surface area contributed by atoms with Gasteiger partial charge in [0.2, 0.25) is 0 Å². The highest BCUT2D eigenvalue weighted by Gasteiger charge is 2.07. The molecule has 1 aromatic carbocycles. The Morgan fingerprint density at radius 3 is 2.53 bits per heavy atom. The number of benzene rings is 1. The van der Waals surface area contributed by atoms with E-state index in [1.165, 1.54) is 0 Å². The van der Waals surface area contributed by atoms with Crippen LogP contribution in [0.15, 0.2) is 12.1 Å². The van der Waals surface area contributed by atoms with Crippen molar-refractivity contribution in [1.82, 2.24) is 5.32 Å². The van der Waals surface area contributed by atoms with Crippen LogP contribution >= 0.6 is 23.2 Å². The second-order valence-corrected chi connectivity index (χ2v) is 3.98. The highest BCUT2D eigenvalue weighted by Crippen LogP contribution is 2.30. The molecule has 0 aliphatic heterocycles. The average molecular weight is 248 g/mol. The highest BCUT2D eigenvalue weighted by molar-refractivity contribution is 6.42. The van der Waals surface area contributed by atoms with Crippen LogP contribution < -0.4 is 10.1 Å². The Labute approximate surface area is 101 Å². The van der Waals surface area contributed by atoms with E-state index in [0.717, 1.165) is 24.3 Å². The number of nitrogens with one attached hydrogen (secondary N) is 1. The van der Waals surface area contributed by atoms with E-state index in [4.69, 9.17) is 27.9 Å². The van der Waals surface area contributed by atoms with Crippen LogP contribution in [-0.2, 0) is 6.42 Å². The van der Waals surface area contributed by atoms with Gasteiger partial charge in [-0.2, -0.15) is 0 Å². The third kappa shape index (κ3) is 3.56. The van der Waals surface area contributed by atoms with Gasteiger partial charge in [0, 0.05) is 6.07 Å². The first-order valence-corrected chi connectivity index (χ1v) is 5.70. The van der Waals surface area contributed by atoms with Gasteiger partial charge in [-0.05, 0) is 38.6 Å². The predicted octanol–water partition coefficient (Wildman–Crippen LogP) is 3.15. The molecular weight excluding hydrogens is 233 g/mol. The molecule has 0 aromatic heterocycles. The molecule has 0 aliphatic rings. The van der Waals surface area contributed by atoms with Crippen LogP contribution in [0.2, 0.25) is 10.0 Å². The van der Waals surface area contributed by atoms with Crippen LogP contribution in [0.4, 0.5) is 0 Å². The van der Waals surface area contributed by atoms with Gasteiger partial charge in [0.1, 0.15) is 5.75 Å². The van der Waals surface area contributed by atoms with Gasteiger partial charge in [-0.3, -0.25) is 0 Å². The summed E-state index contributed by atoms with van der Waals surface area (Å²) >= 11 is 11.9. The van der Waals surface area contributed by atoms with Crippen LogP contribution in [0.3, 0.4) is 0 Å². The molecule has 2 nitrogen and oxygen atoms in total. The van der Waals surface area contributed by atoms with Gasteiger partial charge in [0.15, 0.2) is 0 Å². The Morgan fingerprint density at radius 1 is 1.27 bits per heavy atom. The molecule has 84 valence electrons. The Bertz CT molecular complexity index is 329. The van der Waals surface area contributed by atoms with E-state index in [-0.39, 0.29) is 0 Å². The van der Waals surface area contributed by atoms with E-state index in [1.807, 2.05) is 20.0 Å². The molecule has 1 aromatic rings. The zero-order chi connectivity index (χ0) is 11.3. The molecule has 0 amide bonds. The van der Waals surface area contributed by atoms with Gasteiger partial charge in [-0.1, -0.05) is 23.2 Å². The van der Waals surface area contributed by atoms with Gasteiger partial charge in [0.25, 0.3) is 0 Å². The van der Waals surface area contributed by atoms with Crippen molar-refractivity contribution in [3.05, 3.63) is 27.7 Å². The standard InChI is InChI=1S/C11H15Cl2NO/c1-3-15-11-7-10(13)9(12)6-8(11)4-5-14-2/h6-7,14H,3-5H2,1-2H3. The molecule has 0 atom stereocenters. The van der Waals surface area contributed by atoms with Crippen LogP contribution in [0.1, 0.15) is 12.5 Å². The van der Waals surface area contributed by atoms with E-state index in [2.05, 4.69) is 5.32 Å². The summed E-state index contributed by atoms with van der Waals surface area (Å²) in [6.07, 6.45) is 0.878. The van der Waals surface area contributed by atoms with Crippen molar-refractivity contribution in [2.45, 2.75) is 13.3 Å². The van der Waals surface area contributed by atoms with Gasteiger partial charge in [-0.25, -0.2) is 0 Å². The second kappa shape index (κ2) is 6.21. The van der Waals surface area contributed by atoms with Crippen molar-refractivity contribution in [3.63, 3.8) is 0 Å². The maximum absolute atomic E-state index is 5.96. The third-order valence-electron chi connectivity index (χ3n) is 2.05. The van der Waals surface area contributed by atoms with E-state index in [9.17, 15) is 0 Å². The first-order valence-electron chi connectivity index (χ1n) is 4.94. The molecule has 0 radical (unpaired) electrons. The number of hydrogen-bond acceptors (Lipinski definition) is 2. The fourth-order valence-corrected chi connectivity index (χ4v) is 1.65. The second-order valence-electron chi connectivity index (χ2n) is 3.16. The lowest BCUT2D eigenvalue weighted by Gasteiger charge is -2.11. The van der Waals surface area contributed by atoms with Gasteiger partial charge in [0.05, 0.1) is 16.7 Å². The Kier molecular flexibility index (Phi) is 5.23. The van der Waals surface area contributed by atoms with Crippen LogP contribution in [-0.4, -0.2) is 20.2 Å². The summed E-state index contributed by atoms with van der Waals surface area (Å²) < 4.78 is 5.50. The van der Waals surface area contributed by atoms with E-state index in [1.54, 1.807) is 6.07 Å². The van der Waals surface area contributed by atoms with E-state index in [0.29, 0.717) is 16.7 Å². The zero-order valence-corrected chi connectivity index (χ0v) is 10.5. The minimum Gasteiger partial charge on any atom is -0.494 e. The zero-order valence-electron chi connectivity index (χ0n) is 8.94. The lowest BCUT2D eigenvalue weighted by Crippen LogP contribution is -2.11. The summed E-state index contributed by atoms with van der Waals surface area (Å²) in [5.74, 6) is 0.821. The summed E-state index contributed by atoms with van der Waals surface area (Å²) in [4.78, 5) is 0. The molecule has 0 aliphatic carbocycles. The summed E-state index contributed by atoms with van der Waals surface area (Å²) in [6.45, 7) is 3.47. The lowest BCUT2D eigenvalue weighted by atomic mass is 10.1. The average Bonchev–Trinajstić information content (AvgIpc) is 2.21. The lowest BCUT2D eigenvalue weighted by molar-refractivity contribution is 0.336. The van der Waals surface area contributed by atoms with Gasteiger partial charge < -0.3 is 10.1 Å². The summed E-state index contributed by atoms with van der Waals surface area (Å²) in [6, 6.07) is 3.64. The molecule has 0 unspecified atom stereocenters. The fourth-order valence-electron chi connectivity index (χ4n) is 1.31. The van der Waals surface area contributed by atoms with Crippen molar-refractivity contribution >= 4 is 23.2 Å². The summed E-state index contributed by atoms with van der Waals surface area (Å²) in [5.41, 5.74) is 1.08. The first-order chi connectivity index (χ1) is 7.19. The highest BCUT2D eigenvalue weighted by atomic mass is 35.5. The number of hydrogen-bond donors (Lipinski definition) is 1. The molecule has 0 saturated carbocycles. The molecular formula is C11H15Cl2NO. The molecule has 15 heavy (non-hydrogen) atoms. The normalized spacial score (nSPS) is 10.4. The quantitative estimate of drug-likeness (QED) is 0.864. The van der Waals surface area contributed by atoms with E-state index < -0.39 is 0 Å².